The fourth-order valence-electron chi connectivity index (χ4n) is 4.55. The molecule has 15 heteroatoms. The van der Waals surface area contributed by atoms with Gasteiger partial charge in [-0.15, -0.1) is 5.10 Å². The third-order valence-electron chi connectivity index (χ3n) is 6.19. The lowest BCUT2D eigenvalue weighted by Gasteiger charge is -2.32. The third-order valence-corrected chi connectivity index (χ3v) is 6.68. The van der Waals surface area contributed by atoms with Gasteiger partial charge in [-0.2, -0.15) is 31.1 Å². The monoisotopic (exact) mass is 634 g/mol. The van der Waals surface area contributed by atoms with Gasteiger partial charge in [-0.25, -0.2) is 4.79 Å². The average molecular weight is 635 g/mol. The van der Waals surface area contributed by atoms with Gasteiger partial charge in [0.05, 0.1) is 36.0 Å². The van der Waals surface area contributed by atoms with E-state index < -0.39 is 42.2 Å². The second-order valence-electron chi connectivity index (χ2n) is 9.57. The van der Waals surface area contributed by atoms with Gasteiger partial charge < -0.3 is 9.64 Å². The number of hydrogen-bond acceptors (Lipinski definition) is 6. The van der Waals surface area contributed by atoms with Crippen molar-refractivity contribution >= 4 is 33.7 Å². The van der Waals surface area contributed by atoms with Crippen LogP contribution in [-0.4, -0.2) is 38.9 Å². The Morgan fingerprint density at radius 1 is 1.10 bits per heavy atom. The molecule has 4 rings (SSSR count). The number of ether oxygens (including phenoxy) is 1. The number of anilines is 2. The number of benzene rings is 2. The third kappa shape index (κ3) is 6.67. The van der Waals surface area contributed by atoms with Crippen molar-refractivity contribution in [3.05, 3.63) is 63.1 Å². The zero-order valence-electron chi connectivity index (χ0n) is 21.6. The van der Waals surface area contributed by atoms with Crippen LogP contribution in [0.15, 0.2) is 40.9 Å². The number of halogens is 7. The molecule has 40 heavy (non-hydrogen) atoms. The van der Waals surface area contributed by atoms with Gasteiger partial charge in [0.15, 0.2) is 0 Å². The first kappa shape index (κ1) is 29.6. The molecule has 0 fully saturated rings. The molecule has 216 valence electrons. The zero-order chi connectivity index (χ0) is 29.4. The maximum atomic E-state index is 13.6. The molecular weight excluding hydrogens is 610 g/mol. The molecular formula is C25H25BrF6N6O2. The van der Waals surface area contributed by atoms with Crippen LogP contribution in [0.25, 0.3) is 0 Å². The largest absolute Gasteiger partial charge is 0.446 e. The summed E-state index contributed by atoms with van der Waals surface area (Å²) in [5.41, 5.74) is -2.01. The minimum atomic E-state index is -5.00. The van der Waals surface area contributed by atoms with Gasteiger partial charge in [-0.05, 0) is 79.4 Å². The Bertz CT molecular complexity index is 1340. The summed E-state index contributed by atoms with van der Waals surface area (Å²) in [5.74, 6) is 0.00241. The van der Waals surface area contributed by atoms with Gasteiger partial charge >= 0.3 is 18.4 Å². The minimum Gasteiger partial charge on any atom is -0.446 e. The van der Waals surface area contributed by atoms with Gasteiger partial charge in [-0.1, -0.05) is 21.0 Å². The fourth-order valence-corrected chi connectivity index (χ4v) is 4.93. The van der Waals surface area contributed by atoms with Crippen LogP contribution in [0.5, 0.6) is 0 Å². The molecule has 1 aromatic heterocycles. The van der Waals surface area contributed by atoms with Crippen molar-refractivity contribution in [3.8, 4) is 0 Å². The first-order valence-corrected chi connectivity index (χ1v) is 13.0. The Morgan fingerprint density at radius 3 is 2.30 bits per heavy atom. The number of amides is 1. The summed E-state index contributed by atoms with van der Waals surface area (Å²) in [7, 11) is 1.49. The quantitative estimate of drug-likeness (QED) is 0.284. The van der Waals surface area contributed by atoms with Crippen molar-refractivity contribution in [1.82, 2.24) is 20.2 Å². The number of alkyl halides is 6. The normalized spacial score (nSPS) is 16.1. The molecule has 8 nitrogen and oxygen atoms in total. The van der Waals surface area contributed by atoms with E-state index in [0.717, 1.165) is 4.80 Å². The molecule has 1 amide bonds. The number of aryl methyl sites for hydroxylation is 1. The fraction of sp³-hybridized carbons (Fsp3) is 0.440. The van der Waals surface area contributed by atoms with Crippen LogP contribution in [0, 0.1) is 0 Å². The molecule has 1 atom stereocenters. The lowest BCUT2D eigenvalue weighted by atomic mass is 9.98. The van der Waals surface area contributed by atoms with E-state index in [-0.39, 0.29) is 30.2 Å². The van der Waals surface area contributed by atoms with E-state index >= 15 is 0 Å². The summed E-state index contributed by atoms with van der Waals surface area (Å²) >= 11 is 3.43. The molecule has 2 heterocycles. The molecule has 0 saturated carbocycles. The first-order valence-electron chi connectivity index (χ1n) is 12.2. The van der Waals surface area contributed by atoms with Crippen LogP contribution in [0.2, 0.25) is 0 Å². The van der Waals surface area contributed by atoms with E-state index in [1.165, 1.54) is 16.8 Å². The molecule has 0 saturated heterocycles. The van der Waals surface area contributed by atoms with Crippen LogP contribution in [0.3, 0.4) is 0 Å². The molecule has 1 unspecified atom stereocenters. The Morgan fingerprint density at radius 2 is 1.75 bits per heavy atom. The Balaban J connectivity index is 1.84. The predicted molar refractivity (Wildman–Crippen MR) is 137 cm³/mol. The SMILES string of the molecule is CC(C)OC(=O)N1CCCC(N(Cc2cc(C(F)(F)F)cc(C(F)(F)F)c2)c2nnn(C)n2)c2cc(Br)ccc21. The number of rotatable bonds is 5. The molecule has 1 aliphatic rings. The topological polar surface area (TPSA) is 76.4 Å². The van der Waals surface area contributed by atoms with E-state index in [1.54, 1.807) is 32.0 Å². The Kier molecular flexibility index (Phi) is 8.33. The highest BCUT2D eigenvalue weighted by molar-refractivity contribution is 9.10. The second kappa shape index (κ2) is 11.3. The number of tetrazole rings is 1. The highest BCUT2D eigenvalue weighted by Gasteiger charge is 2.38. The highest BCUT2D eigenvalue weighted by Crippen LogP contribution is 2.42. The van der Waals surface area contributed by atoms with Crippen molar-refractivity contribution < 1.29 is 35.9 Å². The van der Waals surface area contributed by atoms with Gasteiger partial charge in [0.2, 0.25) is 0 Å². The van der Waals surface area contributed by atoms with E-state index in [4.69, 9.17) is 4.74 Å². The molecule has 0 spiro atoms. The van der Waals surface area contributed by atoms with Crippen LogP contribution < -0.4 is 9.80 Å². The van der Waals surface area contributed by atoms with E-state index in [9.17, 15) is 31.1 Å². The van der Waals surface area contributed by atoms with Gasteiger partial charge in [-0.3, -0.25) is 4.90 Å². The maximum Gasteiger partial charge on any atom is 0.416 e. The maximum absolute atomic E-state index is 13.6. The van der Waals surface area contributed by atoms with Crippen LogP contribution in [0.1, 0.15) is 55.0 Å². The summed E-state index contributed by atoms with van der Waals surface area (Å²) in [6, 6.07) is 5.99. The molecule has 0 N–H and O–H groups in total. The lowest BCUT2D eigenvalue weighted by molar-refractivity contribution is -0.143. The summed E-state index contributed by atoms with van der Waals surface area (Å²) < 4.78 is 87.6. The minimum absolute atomic E-state index is 0.00241. The van der Waals surface area contributed by atoms with Crippen molar-refractivity contribution in [3.63, 3.8) is 0 Å². The summed E-state index contributed by atoms with van der Waals surface area (Å²) in [5, 5.41) is 12.0. The molecule has 1 aliphatic heterocycles. The number of hydrogen-bond donors (Lipinski definition) is 0. The Hall–Kier alpha value is -3.36. The van der Waals surface area contributed by atoms with E-state index in [1.807, 2.05) is 0 Å². The smallest absolute Gasteiger partial charge is 0.416 e. The first-order chi connectivity index (χ1) is 18.6. The molecule has 2 aromatic carbocycles. The number of fused-ring (bicyclic) bond motifs is 1. The second-order valence-corrected chi connectivity index (χ2v) is 10.5. The van der Waals surface area contributed by atoms with Crippen molar-refractivity contribution in [1.29, 1.82) is 0 Å². The number of carbonyl (C=O) groups excluding carboxylic acids is 1. The summed E-state index contributed by atoms with van der Waals surface area (Å²) in [4.78, 5) is 17.1. The molecule has 0 aliphatic carbocycles. The predicted octanol–water partition coefficient (Wildman–Crippen LogP) is 6.90. The van der Waals surface area contributed by atoms with E-state index in [2.05, 4.69) is 31.3 Å². The number of aromatic nitrogens is 4. The van der Waals surface area contributed by atoms with Crippen LogP contribution >= 0.6 is 15.9 Å². The van der Waals surface area contributed by atoms with Crippen LogP contribution in [0.4, 0.5) is 42.8 Å². The zero-order valence-corrected chi connectivity index (χ0v) is 23.2. The van der Waals surface area contributed by atoms with Gasteiger partial charge in [0.1, 0.15) is 0 Å². The van der Waals surface area contributed by atoms with Crippen molar-refractivity contribution in [2.24, 2.45) is 7.05 Å². The number of carbonyl (C=O) groups is 1. The molecule has 0 radical (unpaired) electrons. The van der Waals surface area contributed by atoms with Crippen molar-refractivity contribution in [2.45, 2.75) is 57.7 Å². The van der Waals surface area contributed by atoms with Crippen molar-refractivity contribution in [2.75, 3.05) is 16.3 Å². The Labute approximate surface area is 234 Å². The lowest BCUT2D eigenvalue weighted by Crippen LogP contribution is -2.34. The highest BCUT2D eigenvalue weighted by atomic mass is 79.9. The summed E-state index contributed by atoms with van der Waals surface area (Å²) in [6.07, 6.45) is -10.1. The average Bonchev–Trinajstić information content (AvgIpc) is 3.18. The van der Waals surface area contributed by atoms with Crippen LogP contribution in [-0.2, 0) is 30.7 Å². The molecule has 3 aromatic rings. The standard InChI is InChI=1S/C25H25BrF6N6O2/c1-14(2)40-23(39)37-8-4-5-20(19-12-18(26)6-7-21(19)37)38(22-33-35-36(3)34-22)13-15-9-16(24(27,28)29)11-17(10-15)25(30,31)32/h6-7,9-12,14,20H,4-5,8,13H2,1-3H3. The summed E-state index contributed by atoms with van der Waals surface area (Å²) in [6.45, 7) is 3.31. The van der Waals surface area contributed by atoms with E-state index in [0.29, 0.717) is 40.7 Å². The van der Waals surface area contributed by atoms with Gasteiger partial charge in [0, 0.05) is 17.6 Å². The number of nitrogens with zero attached hydrogens (tertiary/aromatic N) is 6. The molecule has 0 bridgehead atoms. The van der Waals surface area contributed by atoms with Gasteiger partial charge in [0.25, 0.3) is 5.95 Å².